The summed E-state index contributed by atoms with van der Waals surface area (Å²) in [4.78, 5) is 6.94. The Labute approximate surface area is 187 Å². The molecule has 5 heterocycles. The Morgan fingerprint density at radius 2 is 2.00 bits per heavy atom. The molecule has 9 nitrogen and oxygen atoms in total. The summed E-state index contributed by atoms with van der Waals surface area (Å²) in [5.74, 6) is -0.522. The minimum absolute atomic E-state index is 0.0863. The van der Waals surface area contributed by atoms with Crippen LogP contribution in [0.2, 0.25) is 0 Å². The molecular formula is C21H24F3N7O2. The molecule has 1 fully saturated rings. The van der Waals surface area contributed by atoms with Crippen LogP contribution in [-0.2, 0) is 5.60 Å². The van der Waals surface area contributed by atoms with Crippen LogP contribution in [0.4, 0.5) is 24.7 Å². The zero-order valence-corrected chi connectivity index (χ0v) is 17.8. The molecule has 33 heavy (non-hydrogen) atoms. The predicted octanol–water partition coefficient (Wildman–Crippen LogP) is 3.79. The number of pyridine rings is 1. The van der Waals surface area contributed by atoms with Gasteiger partial charge in [0.1, 0.15) is 5.82 Å². The van der Waals surface area contributed by atoms with Gasteiger partial charge < -0.3 is 20.2 Å². The lowest BCUT2D eigenvalue weighted by molar-refractivity contribution is -0.277. The van der Waals surface area contributed by atoms with Crippen LogP contribution in [0.25, 0.3) is 22.7 Å². The van der Waals surface area contributed by atoms with Gasteiger partial charge in [0.15, 0.2) is 5.69 Å². The average molecular weight is 463 g/mol. The number of rotatable bonds is 1. The van der Waals surface area contributed by atoms with Crippen LogP contribution in [0.5, 0.6) is 0 Å². The van der Waals surface area contributed by atoms with Crippen molar-refractivity contribution in [1.29, 1.82) is 0 Å². The number of aromatic nitrogens is 5. The second-order valence-corrected chi connectivity index (χ2v) is 8.64. The standard InChI is InChI=1S/C21H24F3N7O2/c22-21(23,24)20(32)7-3-1-2-5-13-6-4-8-31(13)17-14(12-10-26-27-11-12)9-15(25)16(28-17)18-29-30-19(20)33-18/h9-11,13,32H,1-8,25H2,(H,26,27)/t13-,20?/m1/s1. The summed E-state index contributed by atoms with van der Waals surface area (Å²) in [5.41, 5.74) is 4.83. The molecule has 3 aromatic rings. The molecule has 2 atom stereocenters. The number of halogens is 3. The van der Waals surface area contributed by atoms with Crippen molar-refractivity contribution in [2.75, 3.05) is 17.2 Å². The molecule has 176 valence electrons. The molecule has 1 unspecified atom stereocenters. The molecule has 0 saturated carbocycles. The summed E-state index contributed by atoms with van der Waals surface area (Å²) in [7, 11) is 0. The number of nitrogens with zero attached hydrogens (tertiary/aromatic N) is 5. The molecule has 0 aliphatic carbocycles. The van der Waals surface area contributed by atoms with Gasteiger partial charge in [-0.15, -0.1) is 10.2 Å². The van der Waals surface area contributed by atoms with Crippen LogP contribution in [0.3, 0.4) is 0 Å². The van der Waals surface area contributed by atoms with E-state index >= 15 is 0 Å². The Bertz CT molecular complexity index is 1130. The Morgan fingerprint density at radius 3 is 2.76 bits per heavy atom. The second-order valence-electron chi connectivity index (χ2n) is 8.64. The van der Waals surface area contributed by atoms with E-state index in [1.54, 1.807) is 18.5 Å². The summed E-state index contributed by atoms with van der Waals surface area (Å²) in [6.07, 6.45) is 2.08. The van der Waals surface area contributed by atoms with Crippen LogP contribution >= 0.6 is 0 Å². The van der Waals surface area contributed by atoms with Crippen molar-refractivity contribution in [3.8, 4) is 22.7 Å². The lowest BCUT2D eigenvalue weighted by Gasteiger charge is -2.29. The summed E-state index contributed by atoms with van der Waals surface area (Å²) >= 11 is 0. The normalized spacial score (nSPS) is 23.9. The Balaban J connectivity index is 1.68. The lowest BCUT2D eigenvalue weighted by atomic mass is 9.94. The zero-order valence-electron chi connectivity index (χ0n) is 17.8. The molecule has 4 N–H and O–H groups in total. The molecule has 1 saturated heterocycles. The number of hydrogen-bond acceptors (Lipinski definition) is 8. The van der Waals surface area contributed by atoms with Crippen molar-refractivity contribution in [2.24, 2.45) is 0 Å². The monoisotopic (exact) mass is 463 g/mol. The number of nitrogen functional groups attached to an aromatic ring is 1. The number of aromatic amines is 1. The zero-order chi connectivity index (χ0) is 23.2. The highest BCUT2D eigenvalue weighted by atomic mass is 19.4. The SMILES string of the molecule is Nc1cc(-c2cn[nH]c2)c2nc1-c1nnc(o1)C(O)(C(F)(F)F)CCCCC[C@@H]1CCCN21. The van der Waals surface area contributed by atoms with Crippen molar-refractivity contribution in [1.82, 2.24) is 25.4 Å². The third-order valence-electron chi connectivity index (χ3n) is 6.52. The molecule has 3 aromatic heterocycles. The molecule has 0 amide bonds. The number of fused-ring (bicyclic) bond motifs is 7. The van der Waals surface area contributed by atoms with E-state index in [4.69, 9.17) is 15.1 Å². The number of nitrogens with one attached hydrogen (secondary N) is 1. The maximum absolute atomic E-state index is 13.8. The molecule has 5 rings (SSSR count). The highest BCUT2D eigenvalue weighted by molar-refractivity contribution is 5.83. The fourth-order valence-electron chi connectivity index (χ4n) is 4.73. The fraction of sp³-hybridized carbons (Fsp3) is 0.524. The van der Waals surface area contributed by atoms with E-state index in [1.807, 2.05) is 0 Å². The summed E-state index contributed by atoms with van der Waals surface area (Å²) < 4.78 is 46.8. The number of alkyl halides is 3. The van der Waals surface area contributed by atoms with E-state index in [2.05, 4.69) is 25.3 Å². The van der Waals surface area contributed by atoms with Gasteiger partial charge in [0.05, 0.1) is 11.9 Å². The first-order valence-electron chi connectivity index (χ1n) is 11.0. The molecule has 0 radical (unpaired) electrons. The first-order valence-corrected chi connectivity index (χ1v) is 11.0. The third-order valence-corrected chi connectivity index (χ3v) is 6.52. The van der Waals surface area contributed by atoms with Gasteiger partial charge in [0.25, 0.3) is 11.8 Å². The largest absolute Gasteiger partial charge is 0.426 e. The van der Waals surface area contributed by atoms with Crippen molar-refractivity contribution in [3.05, 3.63) is 24.4 Å². The smallest absolute Gasteiger partial charge is 0.416 e. The van der Waals surface area contributed by atoms with Gasteiger partial charge in [0.2, 0.25) is 5.60 Å². The van der Waals surface area contributed by atoms with Gasteiger partial charge in [0, 0.05) is 29.9 Å². The fourth-order valence-corrected chi connectivity index (χ4v) is 4.73. The van der Waals surface area contributed by atoms with E-state index in [9.17, 15) is 18.3 Å². The van der Waals surface area contributed by atoms with Crippen LogP contribution in [0.15, 0.2) is 22.9 Å². The maximum Gasteiger partial charge on any atom is 0.426 e. The van der Waals surface area contributed by atoms with Crippen molar-refractivity contribution < 1.29 is 22.7 Å². The van der Waals surface area contributed by atoms with Gasteiger partial charge in [-0.25, -0.2) is 4.98 Å². The maximum atomic E-state index is 13.8. The topological polar surface area (TPSA) is 130 Å². The van der Waals surface area contributed by atoms with E-state index in [0.29, 0.717) is 12.2 Å². The van der Waals surface area contributed by atoms with E-state index in [1.165, 1.54) is 0 Å². The Morgan fingerprint density at radius 1 is 1.18 bits per heavy atom. The molecule has 0 spiro atoms. The van der Waals surface area contributed by atoms with E-state index in [-0.39, 0.29) is 29.7 Å². The molecule has 0 aromatic carbocycles. The van der Waals surface area contributed by atoms with Crippen molar-refractivity contribution in [2.45, 2.75) is 62.8 Å². The molecular weight excluding hydrogens is 439 g/mol. The Kier molecular flexibility index (Phi) is 5.26. The van der Waals surface area contributed by atoms with Gasteiger partial charge in [-0.2, -0.15) is 18.3 Å². The van der Waals surface area contributed by atoms with Crippen LogP contribution in [-0.4, -0.2) is 49.2 Å². The first kappa shape index (κ1) is 21.7. The lowest BCUT2D eigenvalue weighted by Crippen LogP contribution is -2.42. The Hall–Kier alpha value is -3.15. The summed E-state index contributed by atoms with van der Waals surface area (Å²) in [5, 5.41) is 24.7. The van der Waals surface area contributed by atoms with Crippen molar-refractivity contribution in [3.63, 3.8) is 0 Å². The summed E-state index contributed by atoms with van der Waals surface area (Å²) in [6, 6.07) is 1.89. The third kappa shape index (κ3) is 3.71. The highest BCUT2D eigenvalue weighted by Gasteiger charge is 2.58. The predicted molar refractivity (Wildman–Crippen MR) is 113 cm³/mol. The molecule has 4 bridgehead atoms. The van der Waals surface area contributed by atoms with Gasteiger partial charge in [-0.3, -0.25) is 5.10 Å². The number of hydrogen-bond donors (Lipinski definition) is 3. The molecule has 2 aliphatic heterocycles. The van der Waals surface area contributed by atoms with Gasteiger partial charge >= 0.3 is 6.18 Å². The van der Waals surface area contributed by atoms with Gasteiger partial charge in [-0.1, -0.05) is 12.8 Å². The first-order chi connectivity index (χ1) is 15.8. The van der Waals surface area contributed by atoms with Crippen LogP contribution in [0, 0.1) is 0 Å². The number of aliphatic hydroxyl groups is 1. The summed E-state index contributed by atoms with van der Waals surface area (Å²) in [6.45, 7) is 0.800. The second kappa shape index (κ2) is 8.01. The van der Waals surface area contributed by atoms with Crippen LogP contribution in [0.1, 0.15) is 50.8 Å². The number of anilines is 2. The van der Waals surface area contributed by atoms with E-state index < -0.39 is 24.1 Å². The molecule has 12 heteroatoms. The number of H-pyrrole nitrogens is 1. The average Bonchev–Trinajstić information content (AvgIpc) is 3.53. The van der Waals surface area contributed by atoms with E-state index in [0.717, 1.165) is 43.4 Å². The van der Waals surface area contributed by atoms with Gasteiger partial charge in [-0.05, 0) is 38.2 Å². The minimum Gasteiger partial charge on any atom is -0.416 e. The number of nitrogens with two attached hydrogens (primary N) is 1. The minimum atomic E-state index is -4.97. The van der Waals surface area contributed by atoms with Crippen molar-refractivity contribution >= 4 is 11.5 Å². The van der Waals surface area contributed by atoms with Crippen LogP contribution < -0.4 is 10.6 Å². The highest BCUT2D eigenvalue weighted by Crippen LogP contribution is 2.44. The molecule has 2 aliphatic rings. The quantitative estimate of drug-likeness (QED) is 0.497.